The van der Waals surface area contributed by atoms with Gasteiger partial charge in [0.2, 0.25) is 0 Å². The molecule has 6 nitrogen and oxygen atoms in total. The van der Waals surface area contributed by atoms with Gasteiger partial charge in [-0.15, -0.1) is 0 Å². The number of hydrogen-bond donors (Lipinski definition) is 1. The zero-order valence-corrected chi connectivity index (χ0v) is 21.0. The first kappa shape index (κ1) is 24.6. The molecule has 0 saturated heterocycles. The SMILES string of the molecule is COc1ccc(Sc2ccncc2Nc2ccc(C#N)c3ccccc23)c(CC(=O)[O-])c1.[Na+]. The molecule has 158 valence electrons. The number of carboxylic acids is 1. The second-order valence-corrected chi connectivity index (χ2v) is 8.02. The van der Waals surface area contributed by atoms with E-state index in [1.165, 1.54) is 18.9 Å². The third-order valence-electron chi connectivity index (χ3n) is 4.92. The summed E-state index contributed by atoms with van der Waals surface area (Å²) in [6, 6.07) is 20.8. The summed E-state index contributed by atoms with van der Waals surface area (Å²) in [5, 5.41) is 25.9. The minimum absolute atomic E-state index is 0. The maximum atomic E-state index is 11.3. The fourth-order valence-corrected chi connectivity index (χ4v) is 4.39. The molecule has 0 unspecified atom stereocenters. The van der Waals surface area contributed by atoms with E-state index in [1.54, 1.807) is 30.6 Å². The number of pyridine rings is 1. The molecule has 4 aromatic rings. The number of fused-ring (bicyclic) bond motifs is 1. The van der Waals surface area contributed by atoms with Crippen molar-refractivity contribution in [1.82, 2.24) is 4.98 Å². The summed E-state index contributed by atoms with van der Waals surface area (Å²) < 4.78 is 5.24. The van der Waals surface area contributed by atoms with Gasteiger partial charge in [-0.2, -0.15) is 5.26 Å². The van der Waals surface area contributed by atoms with Gasteiger partial charge in [0.15, 0.2) is 0 Å². The largest absolute Gasteiger partial charge is 1.00 e. The molecule has 0 amide bonds. The second-order valence-electron chi connectivity index (χ2n) is 6.94. The van der Waals surface area contributed by atoms with Crippen molar-refractivity contribution in [3.8, 4) is 11.8 Å². The van der Waals surface area contributed by atoms with Crippen LogP contribution in [0.4, 0.5) is 11.4 Å². The molecule has 8 heteroatoms. The molecule has 0 fully saturated rings. The van der Waals surface area contributed by atoms with E-state index in [0.29, 0.717) is 16.9 Å². The maximum absolute atomic E-state index is 11.3. The monoisotopic (exact) mass is 463 g/mol. The van der Waals surface area contributed by atoms with Gasteiger partial charge in [-0.1, -0.05) is 36.0 Å². The average Bonchev–Trinajstić information content (AvgIpc) is 2.81. The number of carbonyl (C=O) groups is 1. The zero-order chi connectivity index (χ0) is 22.5. The number of carboxylic acid groups (broad SMARTS) is 1. The van der Waals surface area contributed by atoms with Crippen molar-refractivity contribution in [3.05, 3.63) is 84.2 Å². The van der Waals surface area contributed by atoms with Crippen molar-refractivity contribution in [1.29, 1.82) is 5.26 Å². The summed E-state index contributed by atoms with van der Waals surface area (Å²) in [4.78, 5) is 17.2. The van der Waals surface area contributed by atoms with Crippen molar-refractivity contribution in [2.45, 2.75) is 16.2 Å². The molecular formula is C25H18N3NaO3S. The van der Waals surface area contributed by atoms with Crippen LogP contribution >= 0.6 is 11.8 Å². The molecule has 0 atom stereocenters. The van der Waals surface area contributed by atoms with Crippen LogP contribution in [0, 0.1) is 11.3 Å². The number of nitrogens with one attached hydrogen (secondary N) is 1. The van der Waals surface area contributed by atoms with Crippen LogP contribution in [0.15, 0.2) is 82.8 Å². The number of carbonyl (C=O) groups excluding carboxylic acids is 1. The van der Waals surface area contributed by atoms with E-state index in [9.17, 15) is 15.2 Å². The minimum Gasteiger partial charge on any atom is -0.550 e. The molecule has 1 aromatic heterocycles. The molecule has 0 aliphatic carbocycles. The Kier molecular flexibility index (Phi) is 8.37. The molecule has 4 rings (SSSR count). The van der Waals surface area contributed by atoms with Gasteiger partial charge in [0.1, 0.15) is 5.75 Å². The normalized spacial score (nSPS) is 10.2. The van der Waals surface area contributed by atoms with Crippen molar-refractivity contribution < 1.29 is 44.2 Å². The van der Waals surface area contributed by atoms with Gasteiger partial charge in [-0.3, -0.25) is 4.98 Å². The van der Waals surface area contributed by atoms with Gasteiger partial charge in [0.05, 0.1) is 30.6 Å². The first-order valence-corrected chi connectivity index (χ1v) is 10.6. The van der Waals surface area contributed by atoms with Crippen LogP contribution in [0.25, 0.3) is 10.8 Å². The van der Waals surface area contributed by atoms with E-state index < -0.39 is 5.97 Å². The van der Waals surface area contributed by atoms with E-state index >= 15 is 0 Å². The standard InChI is InChI=1S/C25H19N3O3S.Na/c1-31-18-7-9-23(17(12-18)13-25(29)30)32-24-10-11-27-15-22(24)28-21-8-6-16(14-26)19-4-2-3-5-20(19)21;/h2-12,15,28H,13H2,1H3,(H,29,30);/q;+1/p-1. The van der Waals surface area contributed by atoms with Crippen molar-refractivity contribution >= 4 is 39.9 Å². The van der Waals surface area contributed by atoms with Gasteiger partial charge >= 0.3 is 29.6 Å². The smallest absolute Gasteiger partial charge is 0.550 e. The molecule has 0 spiro atoms. The number of ether oxygens (including phenoxy) is 1. The van der Waals surface area contributed by atoms with Crippen LogP contribution in [0.2, 0.25) is 0 Å². The Morgan fingerprint density at radius 2 is 1.88 bits per heavy atom. The topological polar surface area (TPSA) is 98.1 Å². The van der Waals surface area contributed by atoms with Gasteiger partial charge in [0.25, 0.3) is 0 Å². The van der Waals surface area contributed by atoms with Crippen molar-refractivity contribution in [3.63, 3.8) is 0 Å². The molecule has 1 N–H and O–H groups in total. The third-order valence-corrected chi connectivity index (χ3v) is 6.11. The molecule has 0 saturated carbocycles. The van der Waals surface area contributed by atoms with Crippen molar-refractivity contribution in [2.75, 3.05) is 12.4 Å². The molecule has 33 heavy (non-hydrogen) atoms. The number of nitriles is 1. The van der Waals surface area contributed by atoms with E-state index in [4.69, 9.17) is 4.74 Å². The number of nitrogens with zero attached hydrogens (tertiary/aromatic N) is 2. The molecule has 3 aromatic carbocycles. The third kappa shape index (κ3) is 5.67. The predicted octanol–water partition coefficient (Wildman–Crippen LogP) is 1.31. The van der Waals surface area contributed by atoms with Crippen LogP contribution in [0.1, 0.15) is 11.1 Å². The summed E-state index contributed by atoms with van der Waals surface area (Å²) in [5.74, 6) is -0.569. The Labute approximate surface area is 217 Å². The number of anilines is 2. The molecule has 1 heterocycles. The van der Waals surface area contributed by atoms with E-state index in [2.05, 4.69) is 16.4 Å². The van der Waals surface area contributed by atoms with Crippen LogP contribution in [-0.2, 0) is 11.2 Å². The number of methoxy groups -OCH3 is 1. The first-order chi connectivity index (χ1) is 15.6. The Morgan fingerprint density at radius 1 is 1.09 bits per heavy atom. The zero-order valence-electron chi connectivity index (χ0n) is 18.2. The van der Waals surface area contributed by atoms with Gasteiger partial charge in [-0.05, 0) is 42.0 Å². The number of aromatic nitrogens is 1. The number of rotatable bonds is 7. The van der Waals surface area contributed by atoms with E-state index in [1.807, 2.05) is 42.5 Å². The number of hydrogen-bond acceptors (Lipinski definition) is 7. The van der Waals surface area contributed by atoms with Crippen molar-refractivity contribution in [2.24, 2.45) is 0 Å². The number of aliphatic carboxylic acids is 1. The first-order valence-electron chi connectivity index (χ1n) is 9.76. The fraction of sp³-hybridized carbons (Fsp3) is 0.0800. The summed E-state index contributed by atoms with van der Waals surface area (Å²) in [6.07, 6.45) is 3.19. The van der Waals surface area contributed by atoms with Gasteiger partial charge in [-0.25, -0.2) is 0 Å². The Hall–Kier alpha value is -3.02. The molecule has 0 bridgehead atoms. The molecule has 0 aliphatic heterocycles. The van der Waals surface area contributed by atoms with Crippen LogP contribution in [0.3, 0.4) is 0 Å². The molecular weight excluding hydrogens is 445 g/mol. The quantitative estimate of drug-likeness (QED) is 0.413. The Bertz CT molecular complexity index is 1350. The summed E-state index contributed by atoms with van der Waals surface area (Å²) in [6.45, 7) is 0. The summed E-state index contributed by atoms with van der Waals surface area (Å²) >= 11 is 1.43. The van der Waals surface area contributed by atoms with Crippen LogP contribution < -0.4 is 44.7 Å². The van der Waals surface area contributed by atoms with Crippen LogP contribution in [0.5, 0.6) is 5.75 Å². The summed E-state index contributed by atoms with van der Waals surface area (Å²) in [5.41, 5.74) is 2.83. The maximum Gasteiger partial charge on any atom is 1.00 e. The molecule has 0 aliphatic rings. The van der Waals surface area contributed by atoms with E-state index in [0.717, 1.165) is 31.9 Å². The molecule has 0 radical (unpaired) electrons. The van der Waals surface area contributed by atoms with Crippen LogP contribution in [-0.4, -0.2) is 18.1 Å². The summed E-state index contributed by atoms with van der Waals surface area (Å²) in [7, 11) is 1.54. The Morgan fingerprint density at radius 3 is 2.61 bits per heavy atom. The van der Waals surface area contributed by atoms with Gasteiger partial charge in [0, 0.05) is 44.8 Å². The number of benzene rings is 3. The Balaban J connectivity index is 0.00000306. The van der Waals surface area contributed by atoms with Gasteiger partial charge < -0.3 is 20.0 Å². The predicted molar refractivity (Wildman–Crippen MR) is 122 cm³/mol. The second kappa shape index (κ2) is 11.2. The fourth-order valence-electron chi connectivity index (χ4n) is 3.41. The minimum atomic E-state index is -1.16. The van der Waals surface area contributed by atoms with E-state index in [-0.39, 0.29) is 36.0 Å². The average molecular weight is 463 g/mol.